The molecule has 0 radical (unpaired) electrons. The molecule has 41 heavy (non-hydrogen) atoms. The third-order valence-electron chi connectivity index (χ3n) is 8.09. The summed E-state index contributed by atoms with van der Waals surface area (Å²) in [5.41, 5.74) is 0. The van der Waals surface area contributed by atoms with Crippen molar-refractivity contribution in [3.8, 4) is 0 Å². The number of nitrogens with zero attached hydrogens (tertiary/aromatic N) is 2. The fraction of sp³-hybridized carbons (Fsp3) is 0.786. The maximum atomic E-state index is 13.8. The number of carbonyl (C=O) groups excluding carboxylic acids is 6. The number of rotatable bonds is 5. The van der Waals surface area contributed by atoms with Crippen molar-refractivity contribution in [1.29, 1.82) is 0 Å². The molecule has 0 aromatic carbocycles. The molecule has 0 aromatic rings. The van der Waals surface area contributed by atoms with Crippen molar-refractivity contribution in [2.75, 3.05) is 26.7 Å². The molecule has 0 bridgehead atoms. The molecular formula is C28H45N5O8. The van der Waals surface area contributed by atoms with Gasteiger partial charge in [0.1, 0.15) is 24.2 Å². The van der Waals surface area contributed by atoms with Gasteiger partial charge in [-0.2, -0.15) is 0 Å². The van der Waals surface area contributed by atoms with Crippen LogP contribution in [0.4, 0.5) is 0 Å². The summed E-state index contributed by atoms with van der Waals surface area (Å²) in [4.78, 5) is 82.3. The van der Waals surface area contributed by atoms with Crippen molar-refractivity contribution in [2.24, 2.45) is 11.8 Å². The lowest BCUT2D eigenvalue weighted by molar-refractivity contribution is -0.162. The minimum atomic E-state index is -1.13. The van der Waals surface area contributed by atoms with Crippen molar-refractivity contribution in [3.05, 3.63) is 0 Å². The van der Waals surface area contributed by atoms with Gasteiger partial charge >= 0.3 is 5.97 Å². The third-order valence-corrected chi connectivity index (χ3v) is 8.09. The Morgan fingerprint density at radius 2 is 1.66 bits per heavy atom. The second-order valence-electron chi connectivity index (χ2n) is 11.6. The van der Waals surface area contributed by atoms with E-state index in [0.29, 0.717) is 32.4 Å². The fourth-order valence-corrected chi connectivity index (χ4v) is 5.37. The van der Waals surface area contributed by atoms with E-state index >= 15 is 0 Å². The maximum absolute atomic E-state index is 13.8. The molecule has 3 fully saturated rings. The minimum Gasteiger partial charge on any atom is -0.452 e. The molecule has 5 amide bonds. The predicted molar refractivity (Wildman–Crippen MR) is 147 cm³/mol. The number of epoxide rings is 1. The highest BCUT2D eigenvalue weighted by atomic mass is 16.6. The number of hydrogen-bond acceptors (Lipinski definition) is 8. The Morgan fingerprint density at radius 1 is 0.976 bits per heavy atom. The largest absolute Gasteiger partial charge is 0.452 e. The number of carbonyl (C=O) groups is 6. The van der Waals surface area contributed by atoms with Gasteiger partial charge in [0.2, 0.25) is 23.6 Å². The summed E-state index contributed by atoms with van der Waals surface area (Å²) in [5, 5.41) is 8.13. The Morgan fingerprint density at radius 3 is 2.27 bits per heavy atom. The second kappa shape index (κ2) is 14.1. The number of amides is 5. The average molecular weight is 580 g/mol. The fourth-order valence-electron chi connectivity index (χ4n) is 5.37. The summed E-state index contributed by atoms with van der Waals surface area (Å²) in [7, 11) is 1.51. The van der Waals surface area contributed by atoms with E-state index in [1.165, 1.54) is 23.8 Å². The molecule has 230 valence electrons. The Bertz CT molecular complexity index is 1020. The van der Waals surface area contributed by atoms with Crippen molar-refractivity contribution < 1.29 is 38.2 Å². The molecule has 0 saturated carbocycles. The van der Waals surface area contributed by atoms with E-state index in [9.17, 15) is 28.8 Å². The van der Waals surface area contributed by atoms with Gasteiger partial charge in [0, 0.05) is 26.6 Å². The number of hydrogen-bond donors (Lipinski definition) is 3. The zero-order valence-corrected chi connectivity index (χ0v) is 24.9. The highest BCUT2D eigenvalue weighted by molar-refractivity contribution is 5.96. The van der Waals surface area contributed by atoms with Gasteiger partial charge in [-0.1, -0.05) is 34.1 Å². The van der Waals surface area contributed by atoms with E-state index in [1.807, 2.05) is 13.8 Å². The van der Waals surface area contributed by atoms with Crippen LogP contribution in [0.1, 0.15) is 66.7 Å². The van der Waals surface area contributed by atoms with Crippen LogP contribution in [0.5, 0.6) is 0 Å². The molecule has 7 atom stereocenters. The van der Waals surface area contributed by atoms with E-state index in [1.54, 1.807) is 13.8 Å². The Balaban J connectivity index is 1.94. The van der Waals surface area contributed by atoms with Gasteiger partial charge in [0.05, 0.1) is 19.1 Å². The van der Waals surface area contributed by atoms with Crippen LogP contribution in [0, 0.1) is 11.8 Å². The highest BCUT2D eigenvalue weighted by Gasteiger charge is 2.43. The monoisotopic (exact) mass is 579 g/mol. The molecule has 3 heterocycles. The van der Waals surface area contributed by atoms with Crippen LogP contribution in [0.15, 0.2) is 0 Å². The first-order valence-electron chi connectivity index (χ1n) is 14.6. The molecule has 3 N–H and O–H groups in total. The smallest absolute Gasteiger partial charge is 0.308 e. The molecule has 3 saturated heterocycles. The molecule has 13 nitrogen and oxygen atoms in total. The second-order valence-corrected chi connectivity index (χ2v) is 11.6. The van der Waals surface area contributed by atoms with Crippen molar-refractivity contribution >= 4 is 35.5 Å². The normalized spacial score (nSPS) is 31.8. The first kappa shape index (κ1) is 32.3. The van der Waals surface area contributed by atoms with Crippen LogP contribution < -0.4 is 16.0 Å². The molecule has 1 unspecified atom stereocenters. The summed E-state index contributed by atoms with van der Waals surface area (Å²) < 4.78 is 10.8. The van der Waals surface area contributed by atoms with Crippen LogP contribution >= 0.6 is 0 Å². The van der Waals surface area contributed by atoms with E-state index < -0.39 is 65.8 Å². The molecule has 0 aliphatic carbocycles. The number of nitrogens with one attached hydrogen (secondary N) is 3. The van der Waals surface area contributed by atoms with Crippen LogP contribution in [-0.4, -0.2) is 108 Å². The highest BCUT2D eigenvalue weighted by Crippen LogP contribution is 2.25. The molecular weight excluding hydrogens is 534 g/mol. The number of cyclic esters (lactones) is 1. The van der Waals surface area contributed by atoms with E-state index in [-0.39, 0.29) is 37.3 Å². The molecule has 3 rings (SSSR count). The van der Waals surface area contributed by atoms with Crippen molar-refractivity contribution in [2.45, 2.75) is 103 Å². The van der Waals surface area contributed by atoms with Crippen molar-refractivity contribution in [1.82, 2.24) is 25.8 Å². The zero-order valence-electron chi connectivity index (χ0n) is 24.9. The summed E-state index contributed by atoms with van der Waals surface area (Å²) in [6.07, 6.45) is 0.183. The van der Waals surface area contributed by atoms with Crippen LogP contribution in [0.2, 0.25) is 0 Å². The van der Waals surface area contributed by atoms with E-state index in [0.717, 1.165) is 0 Å². The van der Waals surface area contributed by atoms with E-state index in [2.05, 4.69) is 16.0 Å². The summed E-state index contributed by atoms with van der Waals surface area (Å²) in [6, 6.07) is -3.63. The number of esters is 1. The first-order chi connectivity index (χ1) is 19.3. The number of likely N-dealkylation sites (N-methyl/N-ethyl adjacent to an activating group) is 1. The zero-order chi connectivity index (χ0) is 30.4. The van der Waals surface area contributed by atoms with E-state index in [4.69, 9.17) is 9.47 Å². The quantitative estimate of drug-likeness (QED) is 0.295. The molecule has 0 spiro atoms. The Hall–Kier alpha value is -3.22. The Labute approximate surface area is 241 Å². The molecule has 3 aliphatic rings. The van der Waals surface area contributed by atoms with Gasteiger partial charge in [0.25, 0.3) is 5.91 Å². The van der Waals surface area contributed by atoms with Gasteiger partial charge in [0.15, 0.2) is 6.10 Å². The standard InChI is InChI=1S/C28H45N5O8/c1-7-16(4)22-28(39)32(6)23(15(2)3)26(37)30-17(5)24(35)29-11-10-21(34)41-20(13-18-14-40-18)27(38)33-12-8-9-19(33)25(36)31-22/h15-20,22-23H,7-14H2,1-6H3,(H,29,35)(H,30,37)(H,31,36)/t16-,17-,18-,19-,20+,22-,23?/m0/s1. The van der Waals surface area contributed by atoms with Crippen LogP contribution in [0.3, 0.4) is 0 Å². The van der Waals surface area contributed by atoms with Crippen LogP contribution in [-0.2, 0) is 38.2 Å². The van der Waals surface area contributed by atoms with Gasteiger partial charge in [-0.3, -0.25) is 28.8 Å². The van der Waals surface area contributed by atoms with Crippen molar-refractivity contribution in [3.63, 3.8) is 0 Å². The summed E-state index contributed by atoms with van der Waals surface area (Å²) >= 11 is 0. The van der Waals surface area contributed by atoms with Gasteiger partial charge in [-0.25, -0.2) is 0 Å². The summed E-state index contributed by atoms with van der Waals surface area (Å²) in [6.45, 7) is 9.53. The van der Waals surface area contributed by atoms with Gasteiger partial charge in [-0.15, -0.1) is 0 Å². The Kier molecular flexibility index (Phi) is 11.1. The first-order valence-corrected chi connectivity index (χ1v) is 14.6. The SMILES string of the molecule is CC[C@H](C)[C@@H]1NC(=O)[C@@H]2CCCN2C(=O)[C@@H](C[C@H]2CO2)OC(=O)CCNC(=O)[C@H](C)NC(=O)C(C(C)C)N(C)C1=O. The molecule has 3 aliphatic heterocycles. The van der Waals surface area contributed by atoms with Crippen LogP contribution in [0.25, 0.3) is 0 Å². The van der Waals surface area contributed by atoms with Gasteiger partial charge < -0.3 is 35.2 Å². The lowest BCUT2D eigenvalue weighted by Crippen LogP contribution is -2.60. The number of fused-ring (bicyclic) bond motifs is 1. The molecule has 0 aromatic heterocycles. The summed E-state index contributed by atoms with van der Waals surface area (Å²) in [5.74, 6) is -3.66. The third kappa shape index (κ3) is 8.17. The topological polar surface area (TPSA) is 167 Å². The maximum Gasteiger partial charge on any atom is 0.308 e. The average Bonchev–Trinajstić information content (AvgIpc) is 3.60. The minimum absolute atomic E-state index is 0.0595. The predicted octanol–water partition coefficient (Wildman–Crippen LogP) is -0.283. The lowest BCUT2D eigenvalue weighted by Gasteiger charge is -2.36. The van der Waals surface area contributed by atoms with Gasteiger partial charge in [-0.05, 0) is 31.6 Å². The lowest BCUT2D eigenvalue weighted by atomic mass is 9.94. The molecule has 13 heteroatoms. The number of ether oxygens (including phenoxy) is 2.